The van der Waals surface area contributed by atoms with Gasteiger partial charge in [-0.1, -0.05) is 29.3 Å². The molecule has 2 N–H and O–H groups in total. The van der Waals surface area contributed by atoms with Crippen LogP contribution in [0, 0.1) is 20.8 Å². The lowest BCUT2D eigenvalue weighted by molar-refractivity contribution is -0.136. The number of ether oxygens (including phenoxy) is 1. The minimum Gasteiger partial charge on any atom is -0.495 e. The zero-order chi connectivity index (χ0) is 22.5. The van der Waals surface area contributed by atoms with Crippen LogP contribution in [0.1, 0.15) is 22.5 Å². The van der Waals surface area contributed by atoms with Gasteiger partial charge in [-0.05, 0) is 57.2 Å². The van der Waals surface area contributed by atoms with Crippen LogP contribution in [0.5, 0.6) is 5.75 Å². The van der Waals surface area contributed by atoms with Crippen molar-refractivity contribution >= 4 is 35.3 Å². The molecule has 0 aliphatic heterocycles. The summed E-state index contributed by atoms with van der Waals surface area (Å²) in [5.74, 6) is -1.41. The maximum Gasteiger partial charge on any atom is 0.329 e. The zero-order valence-electron chi connectivity index (χ0n) is 17.7. The van der Waals surface area contributed by atoms with Gasteiger partial charge in [-0.2, -0.15) is 5.10 Å². The van der Waals surface area contributed by atoms with Gasteiger partial charge in [-0.25, -0.2) is 5.43 Å². The van der Waals surface area contributed by atoms with E-state index >= 15 is 0 Å². The molecule has 0 unspecified atom stereocenters. The Labute approximate surface area is 185 Å². The van der Waals surface area contributed by atoms with Crippen molar-refractivity contribution in [3.63, 3.8) is 0 Å². The Balaban J connectivity index is 1.69. The highest BCUT2D eigenvalue weighted by molar-refractivity contribution is 6.40. The quantitative estimate of drug-likeness (QED) is 0.356. The lowest BCUT2D eigenvalue weighted by Crippen LogP contribution is -2.32. The number of halogens is 1. The molecule has 0 spiro atoms. The normalized spacial score (nSPS) is 10.9. The third kappa shape index (κ3) is 5.13. The number of rotatable bonds is 5. The highest BCUT2D eigenvalue weighted by atomic mass is 35.5. The number of carbonyl (C=O) groups is 2. The molecule has 0 radical (unpaired) electrons. The molecule has 31 heavy (non-hydrogen) atoms. The van der Waals surface area contributed by atoms with E-state index in [0.29, 0.717) is 16.5 Å². The van der Waals surface area contributed by atoms with Gasteiger partial charge in [0.2, 0.25) is 0 Å². The Bertz CT molecular complexity index is 1150. The summed E-state index contributed by atoms with van der Waals surface area (Å²) in [6, 6.07) is 14.9. The van der Waals surface area contributed by atoms with Crippen molar-refractivity contribution < 1.29 is 14.3 Å². The van der Waals surface area contributed by atoms with E-state index in [0.717, 1.165) is 22.6 Å². The van der Waals surface area contributed by atoms with Gasteiger partial charge in [0.1, 0.15) is 5.75 Å². The van der Waals surface area contributed by atoms with Crippen LogP contribution >= 0.6 is 11.6 Å². The molecule has 8 heteroatoms. The molecule has 0 atom stereocenters. The van der Waals surface area contributed by atoms with Crippen molar-refractivity contribution in [2.24, 2.45) is 5.10 Å². The summed E-state index contributed by atoms with van der Waals surface area (Å²) in [6.07, 6.45) is 1.51. The smallest absolute Gasteiger partial charge is 0.329 e. The molecule has 0 aliphatic carbocycles. The molecule has 2 aromatic carbocycles. The lowest BCUT2D eigenvalue weighted by Gasteiger charge is -2.10. The van der Waals surface area contributed by atoms with E-state index in [9.17, 15) is 9.59 Å². The Morgan fingerprint density at radius 3 is 2.42 bits per heavy atom. The van der Waals surface area contributed by atoms with Gasteiger partial charge >= 0.3 is 11.8 Å². The predicted molar refractivity (Wildman–Crippen MR) is 122 cm³/mol. The second-order valence-electron chi connectivity index (χ2n) is 7.00. The fourth-order valence-electron chi connectivity index (χ4n) is 3.18. The summed E-state index contributed by atoms with van der Waals surface area (Å²) in [6.45, 7) is 6.00. The number of carbonyl (C=O) groups excluding carboxylic acids is 2. The molecule has 0 aliphatic rings. The maximum absolute atomic E-state index is 12.2. The first-order valence-electron chi connectivity index (χ1n) is 9.54. The summed E-state index contributed by atoms with van der Waals surface area (Å²) in [4.78, 5) is 24.3. The Morgan fingerprint density at radius 2 is 1.74 bits per heavy atom. The first kappa shape index (κ1) is 22.1. The molecular weight excluding hydrogens is 416 g/mol. The molecule has 0 saturated heterocycles. The summed E-state index contributed by atoms with van der Waals surface area (Å²) >= 11 is 5.94. The number of nitrogens with zero attached hydrogens (tertiary/aromatic N) is 2. The van der Waals surface area contributed by atoms with Crippen molar-refractivity contribution in [1.82, 2.24) is 9.99 Å². The van der Waals surface area contributed by atoms with Gasteiger partial charge in [0.05, 0.1) is 19.0 Å². The monoisotopic (exact) mass is 438 g/mol. The van der Waals surface area contributed by atoms with E-state index in [1.807, 2.05) is 39.0 Å². The van der Waals surface area contributed by atoms with E-state index in [2.05, 4.69) is 32.5 Å². The molecule has 1 aromatic heterocycles. The van der Waals surface area contributed by atoms with Gasteiger partial charge in [-0.15, -0.1) is 0 Å². The van der Waals surface area contributed by atoms with Crippen molar-refractivity contribution in [2.75, 3.05) is 12.4 Å². The van der Waals surface area contributed by atoms with Gasteiger partial charge in [0.15, 0.2) is 0 Å². The molecule has 0 bridgehead atoms. The maximum atomic E-state index is 12.2. The fourth-order valence-corrected chi connectivity index (χ4v) is 3.35. The van der Waals surface area contributed by atoms with Crippen molar-refractivity contribution in [1.29, 1.82) is 0 Å². The van der Waals surface area contributed by atoms with Crippen LogP contribution in [0.15, 0.2) is 53.6 Å². The molecule has 2 amide bonds. The van der Waals surface area contributed by atoms with E-state index in [1.165, 1.54) is 25.0 Å². The number of hydrazone groups is 1. The summed E-state index contributed by atoms with van der Waals surface area (Å²) in [7, 11) is 1.45. The molecular formula is C23H23ClN4O3. The van der Waals surface area contributed by atoms with E-state index in [-0.39, 0.29) is 0 Å². The average molecular weight is 439 g/mol. The van der Waals surface area contributed by atoms with E-state index in [1.54, 1.807) is 12.1 Å². The van der Waals surface area contributed by atoms with Crippen LogP contribution in [0.25, 0.3) is 5.69 Å². The number of hydrogen-bond acceptors (Lipinski definition) is 4. The number of aromatic nitrogens is 1. The Morgan fingerprint density at radius 1 is 1.03 bits per heavy atom. The largest absolute Gasteiger partial charge is 0.495 e. The number of aryl methyl sites for hydroxylation is 2. The average Bonchev–Trinajstić information content (AvgIpc) is 3.02. The van der Waals surface area contributed by atoms with Crippen LogP contribution in [-0.4, -0.2) is 29.7 Å². The zero-order valence-corrected chi connectivity index (χ0v) is 18.4. The predicted octanol–water partition coefficient (Wildman–Crippen LogP) is 4.15. The van der Waals surface area contributed by atoms with Gasteiger partial charge in [-0.3, -0.25) is 9.59 Å². The summed E-state index contributed by atoms with van der Waals surface area (Å²) < 4.78 is 7.25. The summed E-state index contributed by atoms with van der Waals surface area (Å²) in [5.41, 5.74) is 7.58. The van der Waals surface area contributed by atoms with Gasteiger partial charge < -0.3 is 14.6 Å². The number of benzene rings is 2. The topological polar surface area (TPSA) is 84.7 Å². The van der Waals surface area contributed by atoms with Crippen LogP contribution < -0.4 is 15.5 Å². The van der Waals surface area contributed by atoms with Crippen LogP contribution in [0.4, 0.5) is 5.69 Å². The number of anilines is 1. The first-order valence-corrected chi connectivity index (χ1v) is 9.92. The molecule has 3 aromatic rings. The standard InChI is InChI=1S/C23H23ClN4O3/c1-14-5-8-19(9-6-14)28-15(2)11-17(16(28)3)13-25-27-23(30)22(29)26-20-12-18(24)7-10-21(20)31-4/h5-13H,1-4H3,(H,26,29)(H,27,30)/b25-13-. The number of nitrogens with one attached hydrogen (secondary N) is 2. The van der Waals surface area contributed by atoms with Crippen molar-refractivity contribution in [2.45, 2.75) is 20.8 Å². The highest BCUT2D eigenvalue weighted by Crippen LogP contribution is 2.27. The van der Waals surface area contributed by atoms with Crippen LogP contribution in [0.2, 0.25) is 5.02 Å². The third-order valence-electron chi connectivity index (χ3n) is 4.75. The van der Waals surface area contributed by atoms with Crippen LogP contribution in [0.3, 0.4) is 0 Å². The highest BCUT2D eigenvalue weighted by Gasteiger charge is 2.16. The van der Waals surface area contributed by atoms with Gasteiger partial charge in [0, 0.05) is 27.7 Å². The third-order valence-corrected chi connectivity index (χ3v) is 4.98. The summed E-state index contributed by atoms with van der Waals surface area (Å²) in [5, 5.41) is 6.80. The molecule has 7 nitrogen and oxygen atoms in total. The second-order valence-corrected chi connectivity index (χ2v) is 7.43. The van der Waals surface area contributed by atoms with Crippen molar-refractivity contribution in [3.8, 4) is 11.4 Å². The fraction of sp³-hybridized carbons (Fsp3) is 0.174. The molecule has 0 fully saturated rings. The Kier molecular flexibility index (Phi) is 6.77. The van der Waals surface area contributed by atoms with Gasteiger partial charge in [0.25, 0.3) is 0 Å². The first-order chi connectivity index (χ1) is 14.8. The number of hydrogen-bond donors (Lipinski definition) is 2. The second kappa shape index (κ2) is 9.49. The molecule has 1 heterocycles. The minimum absolute atomic E-state index is 0.292. The Hall–Kier alpha value is -3.58. The molecule has 160 valence electrons. The minimum atomic E-state index is -0.911. The van der Waals surface area contributed by atoms with E-state index in [4.69, 9.17) is 16.3 Å². The molecule has 3 rings (SSSR count). The van der Waals surface area contributed by atoms with E-state index < -0.39 is 11.8 Å². The SMILES string of the molecule is COc1ccc(Cl)cc1NC(=O)C(=O)N/N=C\c1cc(C)n(-c2ccc(C)cc2)c1C. The number of amides is 2. The van der Waals surface area contributed by atoms with Crippen LogP contribution in [-0.2, 0) is 9.59 Å². The lowest BCUT2D eigenvalue weighted by atomic mass is 10.2. The van der Waals surface area contributed by atoms with Crippen molar-refractivity contribution in [3.05, 3.63) is 76.1 Å². The number of methoxy groups -OCH3 is 1. The molecule has 0 saturated carbocycles.